The van der Waals surface area contributed by atoms with Crippen molar-refractivity contribution in [3.05, 3.63) is 28.2 Å². The second-order valence-corrected chi connectivity index (χ2v) is 5.91. The molecule has 0 atom stereocenters. The van der Waals surface area contributed by atoms with Crippen molar-refractivity contribution in [2.24, 2.45) is 4.99 Å². The van der Waals surface area contributed by atoms with Crippen LogP contribution in [0, 0.1) is 0 Å². The van der Waals surface area contributed by atoms with Gasteiger partial charge in [0.25, 0.3) is 0 Å². The van der Waals surface area contributed by atoms with E-state index >= 15 is 0 Å². The van der Waals surface area contributed by atoms with Gasteiger partial charge >= 0.3 is 0 Å². The highest BCUT2D eigenvalue weighted by atomic mass is 79.9. The van der Waals surface area contributed by atoms with E-state index in [4.69, 9.17) is 0 Å². The van der Waals surface area contributed by atoms with Crippen LogP contribution < -0.4 is 0 Å². The second-order valence-electron chi connectivity index (χ2n) is 2.97. The summed E-state index contributed by atoms with van der Waals surface area (Å²) in [6, 6.07) is 4.69. The van der Waals surface area contributed by atoms with E-state index in [1.54, 1.807) is 6.07 Å². The molecule has 1 aromatic carbocycles. The van der Waals surface area contributed by atoms with E-state index in [9.17, 15) is 13.2 Å². The summed E-state index contributed by atoms with van der Waals surface area (Å²) < 4.78 is 23.2. The van der Waals surface area contributed by atoms with E-state index in [0.717, 1.165) is 6.26 Å². The smallest absolute Gasteiger partial charge is 0.224 e. The minimum absolute atomic E-state index is 0.130. The highest BCUT2D eigenvalue weighted by molar-refractivity contribution is 9.10. The Morgan fingerprint density at radius 1 is 1.40 bits per heavy atom. The number of benzene rings is 1. The van der Waals surface area contributed by atoms with E-state index in [2.05, 4.69) is 20.9 Å². The topological polar surface area (TPSA) is 63.6 Å². The molecular weight excluding hydrogens is 282 g/mol. The fourth-order valence-corrected chi connectivity index (χ4v) is 2.45. The summed E-state index contributed by atoms with van der Waals surface area (Å²) in [5.74, 6) is 0. The molecule has 1 aromatic rings. The number of rotatable bonds is 3. The van der Waals surface area contributed by atoms with Crippen molar-refractivity contribution < 1.29 is 13.2 Å². The minimum Gasteiger partial charge on any atom is -0.224 e. The standard InChI is InChI=1S/C9H8BrNO3S/c1-15(13,14)9-3-7(5-11-6-12)2-8(10)4-9/h2-4H,5H2,1H3. The van der Waals surface area contributed by atoms with Crippen LogP contribution in [0.5, 0.6) is 0 Å². The first-order valence-corrected chi connectivity index (χ1v) is 6.65. The zero-order valence-corrected chi connectivity index (χ0v) is 10.3. The van der Waals surface area contributed by atoms with Gasteiger partial charge in [0.05, 0.1) is 11.4 Å². The third-order valence-electron chi connectivity index (χ3n) is 1.69. The molecule has 80 valence electrons. The molecule has 0 N–H and O–H groups in total. The monoisotopic (exact) mass is 289 g/mol. The van der Waals surface area contributed by atoms with Gasteiger partial charge < -0.3 is 0 Å². The average Bonchev–Trinajstić information content (AvgIpc) is 2.12. The van der Waals surface area contributed by atoms with Gasteiger partial charge in [-0.15, -0.1) is 0 Å². The SMILES string of the molecule is CS(=O)(=O)c1cc(Br)cc(CN=C=O)c1. The van der Waals surface area contributed by atoms with Crippen molar-refractivity contribution in [3.8, 4) is 0 Å². The largest absolute Gasteiger partial charge is 0.235 e. The van der Waals surface area contributed by atoms with Gasteiger partial charge in [0.2, 0.25) is 6.08 Å². The molecule has 0 amide bonds. The zero-order chi connectivity index (χ0) is 11.5. The Morgan fingerprint density at radius 3 is 2.60 bits per heavy atom. The Kier molecular flexibility index (Phi) is 3.79. The third-order valence-corrected chi connectivity index (χ3v) is 3.24. The van der Waals surface area contributed by atoms with Gasteiger partial charge in [-0.3, -0.25) is 0 Å². The number of aliphatic imine (C=N–C) groups is 1. The first-order valence-electron chi connectivity index (χ1n) is 3.96. The van der Waals surface area contributed by atoms with Crippen LogP contribution in [0.1, 0.15) is 5.56 Å². The number of isocyanates is 1. The lowest BCUT2D eigenvalue weighted by atomic mass is 10.2. The minimum atomic E-state index is -3.24. The molecule has 0 aliphatic heterocycles. The number of hydrogen-bond acceptors (Lipinski definition) is 4. The van der Waals surface area contributed by atoms with Crippen molar-refractivity contribution in [2.45, 2.75) is 11.4 Å². The van der Waals surface area contributed by atoms with E-state index in [-0.39, 0.29) is 11.4 Å². The summed E-state index contributed by atoms with van der Waals surface area (Å²) in [4.78, 5) is 13.5. The molecule has 0 aliphatic rings. The molecule has 0 bridgehead atoms. The van der Waals surface area contributed by atoms with Gasteiger partial charge in [0.1, 0.15) is 0 Å². The predicted molar refractivity (Wildman–Crippen MR) is 59.1 cm³/mol. The van der Waals surface area contributed by atoms with Gasteiger partial charge in [0, 0.05) is 10.7 Å². The first kappa shape index (κ1) is 12.1. The molecule has 0 saturated heterocycles. The summed E-state index contributed by atoms with van der Waals surface area (Å²) >= 11 is 3.19. The van der Waals surface area contributed by atoms with Crippen molar-refractivity contribution in [1.29, 1.82) is 0 Å². The zero-order valence-electron chi connectivity index (χ0n) is 7.90. The maximum atomic E-state index is 11.3. The maximum Gasteiger partial charge on any atom is 0.235 e. The summed E-state index contributed by atoms with van der Waals surface area (Å²) in [5.41, 5.74) is 0.646. The summed E-state index contributed by atoms with van der Waals surface area (Å²) in [7, 11) is -3.24. The molecular formula is C9H8BrNO3S. The molecule has 6 heteroatoms. The first-order chi connectivity index (χ1) is 6.93. The molecule has 0 unspecified atom stereocenters. The van der Waals surface area contributed by atoms with Crippen molar-refractivity contribution in [2.75, 3.05) is 6.26 Å². The normalized spacial score (nSPS) is 10.8. The van der Waals surface area contributed by atoms with E-state index in [1.165, 1.54) is 18.2 Å². The van der Waals surface area contributed by atoms with Crippen LogP contribution in [0.3, 0.4) is 0 Å². The van der Waals surface area contributed by atoms with Gasteiger partial charge in [0.15, 0.2) is 9.84 Å². The van der Waals surface area contributed by atoms with Crippen molar-refractivity contribution >= 4 is 31.8 Å². The third kappa shape index (κ3) is 3.58. The molecule has 1 rings (SSSR count). The predicted octanol–water partition coefficient (Wildman–Crippen LogP) is 1.69. The average molecular weight is 290 g/mol. The Bertz CT molecular complexity index is 518. The summed E-state index contributed by atoms with van der Waals surface area (Å²) in [5, 5.41) is 0. The molecule has 0 spiro atoms. The lowest BCUT2D eigenvalue weighted by molar-refractivity contribution is 0.563. The molecule has 0 fully saturated rings. The number of nitrogens with zero attached hydrogens (tertiary/aromatic N) is 1. The van der Waals surface area contributed by atoms with Crippen LogP contribution >= 0.6 is 15.9 Å². The molecule has 0 radical (unpaired) electrons. The van der Waals surface area contributed by atoms with Crippen molar-refractivity contribution in [1.82, 2.24) is 0 Å². The van der Waals surface area contributed by atoms with E-state index < -0.39 is 9.84 Å². The highest BCUT2D eigenvalue weighted by Gasteiger charge is 2.09. The van der Waals surface area contributed by atoms with Gasteiger partial charge in [-0.25, -0.2) is 18.2 Å². The number of sulfone groups is 1. The fraction of sp³-hybridized carbons (Fsp3) is 0.222. The lowest BCUT2D eigenvalue weighted by Gasteiger charge is -2.02. The molecule has 0 aliphatic carbocycles. The molecule has 0 heterocycles. The van der Waals surface area contributed by atoms with E-state index in [0.29, 0.717) is 10.0 Å². The number of halogens is 1. The van der Waals surface area contributed by atoms with Gasteiger partial charge in [-0.2, -0.15) is 0 Å². The fourth-order valence-electron chi connectivity index (χ4n) is 1.05. The Balaban J connectivity index is 3.22. The Morgan fingerprint density at radius 2 is 2.07 bits per heavy atom. The van der Waals surface area contributed by atoms with Crippen LogP contribution in [-0.4, -0.2) is 20.8 Å². The molecule has 0 aromatic heterocycles. The number of carbonyl (C=O) groups excluding carboxylic acids is 1. The Labute approximate surface area is 96.1 Å². The van der Waals surface area contributed by atoms with Gasteiger partial charge in [-0.1, -0.05) is 15.9 Å². The second kappa shape index (κ2) is 4.70. The van der Waals surface area contributed by atoms with Crippen LogP contribution in [0.15, 0.2) is 32.6 Å². The molecule has 4 nitrogen and oxygen atoms in total. The molecule has 0 saturated carbocycles. The van der Waals surface area contributed by atoms with Gasteiger partial charge in [-0.05, 0) is 23.8 Å². The number of hydrogen-bond donors (Lipinski definition) is 0. The van der Waals surface area contributed by atoms with Crippen LogP contribution in [0.25, 0.3) is 0 Å². The summed E-state index contributed by atoms with van der Waals surface area (Å²) in [6.45, 7) is 0.130. The van der Waals surface area contributed by atoms with Crippen LogP contribution in [-0.2, 0) is 21.2 Å². The molecule has 15 heavy (non-hydrogen) atoms. The van der Waals surface area contributed by atoms with E-state index in [1.807, 2.05) is 0 Å². The maximum absolute atomic E-state index is 11.3. The van der Waals surface area contributed by atoms with Crippen LogP contribution in [0.4, 0.5) is 0 Å². The Hall–Kier alpha value is -0.970. The van der Waals surface area contributed by atoms with Crippen molar-refractivity contribution in [3.63, 3.8) is 0 Å². The summed E-state index contributed by atoms with van der Waals surface area (Å²) in [6.07, 6.45) is 2.53. The lowest BCUT2D eigenvalue weighted by Crippen LogP contribution is -1.98. The quantitative estimate of drug-likeness (QED) is 0.628. The van der Waals surface area contributed by atoms with Crippen LogP contribution in [0.2, 0.25) is 0 Å². The highest BCUT2D eigenvalue weighted by Crippen LogP contribution is 2.19.